The molecule has 23 heavy (non-hydrogen) atoms. The lowest BCUT2D eigenvalue weighted by molar-refractivity contribution is -0.130. The molecule has 5 nitrogen and oxygen atoms in total. The van der Waals surface area contributed by atoms with Gasteiger partial charge in [-0.1, -0.05) is 6.92 Å². The second-order valence-electron chi connectivity index (χ2n) is 6.57. The molecule has 2 aliphatic rings. The number of carbonyl (C=O) groups is 1. The van der Waals surface area contributed by atoms with E-state index < -0.39 is 0 Å². The van der Waals surface area contributed by atoms with Crippen LogP contribution in [0.2, 0.25) is 0 Å². The Morgan fingerprint density at radius 3 is 3.13 bits per heavy atom. The number of hydrogen-bond acceptors (Lipinski definition) is 4. The average Bonchev–Trinajstić information content (AvgIpc) is 3.08. The van der Waals surface area contributed by atoms with Crippen LogP contribution in [0.15, 0.2) is 6.20 Å². The summed E-state index contributed by atoms with van der Waals surface area (Å²) >= 11 is 0. The number of nitrogens with zero attached hydrogens (tertiary/aromatic N) is 2. The highest BCUT2D eigenvalue weighted by Crippen LogP contribution is 2.24. The Hall–Kier alpha value is -1.46. The summed E-state index contributed by atoms with van der Waals surface area (Å²) in [5.74, 6) is 0.0166. The van der Waals surface area contributed by atoms with E-state index in [1.807, 2.05) is 13.1 Å². The van der Waals surface area contributed by atoms with Crippen molar-refractivity contribution in [2.24, 2.45) is 0 Å². The van der Waals surface area contributed by atoms with Crippen molar-refractivity contribution in [1.82, 2.24) is 15.2 Å². The maximum atomic E-state index is 12.2. The van der Waals surface area contributed by atoms with Gasteiger partial charge in [0.25, 0.3) is 0 Å². The summed E-state index contributed by atoms with van der Waals surface area (Å²) in [6.07, 6.45) is 5.79. The van der Waals surface area contributed by atoms with E-state index >= 15 is 0 Å². The molecule has 1 N–H and O–H groups in total. The van der Waals surface area contributed by atoms with Crippen LogP contribution in [-0.2, 0) is 29.0 Å². The third kappa shape index (κ3) is 3.72. The summed E-state index contributed by atoms with van der Waals surface area (Å²) in [5.41, 5.74) is 4.93. The number of fused-ring (bicyclic) bond motifs is 1. The molecular formula is C18H27N3O2. The molecule has 1 aromatic rings. The molecular weight excluding hydrogens is 290 g/mol. The summed E-state index contributed by atoms with van der Waals surface area (Å²) in [4.78, 5) is 19.2. The number of aryl methyl sites for hydroxylation is 1. The molecule has 0 aromatic carbocycles. The molecule has 0 aliphatic carbocycles. The van der Waals surface area contributed by atoms with Crippen LogP contribution in [0.5, 0.6) is 0 Å². The second kappa shape index (κ2) is 7.41. The van der Waals surface area contributed by atoms with Crippen molar-refractivity contribution >= 4 is 5.91 Å². The highest BCUT2D eigenvalue weighted by molar-refractivity contribution is 5.81. The third-order valence-electron chi connectivity index (χ3n) is 4.88. The van der Waals surface area contributed by atoms with E-state index in [1.165, 1.54) is 23.1 Å². The minimum absolute atomic E-state index is 0.0166. The molecule has 3 rings (SSSR count). The number of aromatic nitrogens is 1. The Morgan fingerprint density at radius 2 is 2.39 bits per heavy atom. The zero-order chi connectivity index (χ0) is 16.2. The van der Waals surface area contributed by atoms with Gasteiger partial charge in [0.15, 0.2) is 0 Å². The molecule has 0 saturated carbocycles. The van der Waals surface area contributed by atoms with Crippen molar-refractivity contribution in [1.29, 1.82) is 0 Å². The first-order valence-corrected chi connectivity index (χ1v) is 8.77. The van der Waals surface area contributed by atoms with Crippen LogP contribution in [0.1, 0.15) is 48.6 Å². The van der Waals surface area contributed by atoms with E-state index in [9.17, 15) is 4.79 Å². The summed E-state index contributed by atoms with van der Waals surface area (Å²) in [7, 11) is 0. The van der Waals surface area contributed by atoms with E-state index in [-0.39, 0.29) is 12.0 Å². The first-order valence-electron chi connectivity index (χ1n) is 8.77. The lowest BCUT2D eigenvalue weighted by Crippen LogP contribution is -2.36. The zero-order valence-corrected chi connectivity index (χ0v) is 14.2. The number of carbonyl (C=O) groups excluding carboxylic acids is 1. The van der Waals surface area contributed by atoms with Gasteiger partial charge in [-0.2, -0.15) is 0 Å². The molecule has 1 aromatic heterocycles. The van der Waals surface area contributed by atoms with Gasteiger partial charge in [0, 0.05) is 38.1 Å². The highest BCUT2D eigenvalue weighted by Gasteiger charge is 2.25. The van der Waals surface area contributed by atoms with E-state index in [2.05, 4.69) is 22.1 Å². The van der Waals surface area contributed by atoms with E-state index in [0.717, 1.165) is 44.6 Å². The molecule has 0 bridgehead atoms. The molecule has 5 heteroatoms. The summed E-state index contributed by atoms with van der Waals surface area (Å²) in [6, 6.07) is 0. The Balaban J connectivity index is 1.69. The predicted molar refractivity (Wildman–Crippen MR) is 89.1 cm³/mol. The fourth-order valence-corrected chi connectivity index (χ4v) is 3.60. The molecule has 0 spiro atoms. The van der Waals surface area contributed by atoms with Gasteiger partial charge in [0.1, 0.15) is 6.10 Å². The van der Waals surface area contributed by atoms with Crippen molar-refractivity contribution in [2.75, 3.05) is 19.7 Å². The molecule has 1 atom stereocenters. The smallest absolute Gasteiger partial charge is 0.249 e. The fraction of sp³-hybridized carbons (Fsp3) is 0.667. The lowest BCUT2D eigenvalue weighted by Gasteiger charge is -2.30. The molecule has 0 radical (unpaired) electrons. The van der Waals surface area contributed by atoms with Gasteiger partial charge >= 0.3 is 0 Å². The Kier molecular flexibility index (Phi) is 5.28. The second-order valence-corrected chi connectivity index (χ2v) is 6.57. The third-order valence-corrected chi connectivity index (χ3v) is 4.88. The topological polar surface area (TPSA) is 54.5 Å². The molecule has 2 aliphatic heterocycles. The van der Waals surface area contributed by atoms with Crippen LogP contribution in [0, 0.1) is 6.92 Å². The molecule has 1 fully saturated rings. The number of rotatable bonds is 5. The van der Waals surface area contributed by atoms with Crippen LogP contribution < -0.4 is 5.32 Å². The molecule has 1 unspecified atom stereocenters. The van der Waals surface area contributed by atoms with Crippen molar-refractivity contribution in [3.05, 3.63) is 28.6 Å². The van der Waals surface area contributed by atoms with Gasteiger partial charge in [-0.3, -0.25) is 14.7 Å². The Morgan fingerprint density at radius 1 is 1.52 bits per heavy atom. The van der Waals surface area contributed by atoms with E-state index in [0.29, 0.717) is 13.2 Å². The number of ether oxygens (including phenoxy) is 1. The lowest BCUT2D eigenvalue weighted by atomic mass is 9.94. The molecule has 1 amide bonds. The predicted octanol–water partition coefficient (Wildman–Crippen LogP) is 1.95. The van der Waals surface area contributed by atoms with Gasteiger partial charge < -0.3 is 10.1 Å². The Labute approximate surface area is 138 Å². The van der Waals surface area contributed by atoms with Crippen LogP contribution in [-0.4, -0.2) is 41.6 Å². The molecule has 1 saturated heterocycles. The average molecular weight is 317 g/mol. The maximum Gasteiger partial charge on any atom is 0.249 e. The van der Waals surface area contributed by atoms with Crippen LogP contribution in [0.4, 0.5) is 0 Å². The summed E-state index contributed by atoms with van der Waals surface area (Å²) in [6.45, 7) is 8.72. The standard InChI is InChI=1S/C18H27N3O2/c1-3-7-21-8-6-15-14(12-21)10-19-13(2)16(15)11-20-18(22)17-5-4-9-23-17/h10,17H,3-9,11-12H2,1-2H3,(H,20,22). The van der Waals surface area contributed by atoms with Crippen molar-refractivity contribution in [3.8, 4) is 0 Å². The maximum absolute atomic E-state index is 12.2. The van der Waals surface area contributed by atoms with Gasteiger partial charge in [-0.15, -0.1) is 0 Å². The Bertz CT molecular complexity index is 568. The fourth-order valence-electron chi connectivity index (χ4n) is 3.60. The van der Waals surface area contributed by atoms with Gasteiger partial charge in [0.2, 0.25) is 5.91 Å². The SMILES string of the molecule is CCCN1CCc2c(cnc(C)c2CNC(=O)C2CCCO2)C1. The first kappa shape index (κ1) is 16.4. The highest BCUT2D eigenvalue weighted by atomic mass is 16.5. The zero-order valence-electron chi connectivity index (χ0n) is 14.2. The molecule has 126 valence electrons. The van der Waals surface area contributed by atoms with E-state index in [1.54, 1.807) is 0 Å². The van der Waals surface area contributed by atoms with Crippen molar-refractivity contribution < 1.29 is 9.53 Å². The normalized spacial score (nSPS) is 21.2. The number of hydrogen-bond donors (Lipinski definition) is 1. The quantitative estimate of drug-likeness (QED) is 0.902. The van der Waals surface area contributed by atoms with Gasteiger partial charge in [-0.05, 0) is 55.8 Å². The van der Waals surface area contributed by atoms with Crippen molar-refractivity contribution in [2.45, 2.75) is 58.7 Å². The monoisotopic (exact) mass is 317 g/mol. The number of pyridine rings is 1. The first-order chi connectivity index (χ1) is 11.2. The van der Waals surface area contributed by atoms with Crippen LogP contribution in [0.3, 0.4) is 0 Å². The van der Waals surface area contributed by atoms with Gasteiger partial charge in [-0.25, -0.2) is 0 Å². The van der Waals surface area contributed by atoms with Crippen LogP contribution in [0.25, 0.3) is 0 Å². The summed E-state index contributed by atoms with van der Waals surface area (Å²) < 4.78 is 5.45. The number of nitrogens with one attached hydrogen (secondary N) is 1. The minimum Gasteiger partial charge on any atom is -0.368 e. The molecule has 3 heterocycles. The summed E-state index contributed by atoms with van der Waals surface area (Å²) in [5, 5.41) is 3.05. The van der Waals surface area contributed by atoms with E-state index in [4.69, 9.17) is 4.74 Å². The van der Waals surface area contributed by atoms with Gasteiger partial charge in [0.05, 0.1) is 0 Å². The van der Waals surface area contributed by atoms with Crippen molar-refractivity contribution in [3.63, 3.8) is 0 Å². The van der Waals surface area contributed by atoms with Crippen LogP contribution >= 0.6 is 0 Å². The minimum atomic E-state index is -0.261. The largest absolute Gasteiger partial charge is 0.368 e. The number of amides is 1.